The van der Waals surface area contributed by atoms with E-state index in [4.69, 9.17) is 0 Å². The maximum absolute atomic E-state index is 13.2. The maximum Gasteiger partial charge on any atom is 0.123 e. The van der Waals surface area contributed by atoms with Gasteiger partial charge in [-0.15, -0.1) is 0 Å². The van der Waals surface area contributed by atoms with Crippen LogP contribution in [0.25, 0.3) is 0 Å². The lowest BCUT2D eigenvalue weighted by atomic mass is 9.48. The van der Waals surface area contributed by atoms with Crippen LogP contribution >= 0.6 is 0 Å². The fourth-order valence-electron chi connectivity index (χ4n) is 6.05. The van der Waals surface area contributed by atoms with Crippen molar-refractivity contribution in [2.45, 2.75) is 51.0 Å². The Morgan fingerprint density at radius 2 is 1.57 bits per heavy atom. The van der Waals surface area contributed by atoms with Gasteiger partial charge in [-0.25, -0.2) is 4.39 Å². The van der Waals surface area contributed by atoms with Crippen LogP contribution in [0.15, 0.2) is 24.3 Å². The minimum atomic E-state index is -0.136. The van der Waals surface area contributed by atoms with E-state index in [2.05, 4.69) is 12.4 Å². The molecule has 0 aromatic heterocycles. The van der Waals surface area contributed by atoms with Crippen molar-refractivity contribution >= 4 is 0 Å². The molecule has 0 saturated heterocycles. The zero-order chi connectivity index (χ0) is 14.4. The number of nitrogens with one attached hydrogen (secondary N) is 1. The third kappa shape index (κ3) is 2.52. The Labute approximate surface area is 127 Å². The van der Waals surface area contributed by atoms with E-state index in [1.807, 2.05) is 12.1 Å². The van der Waals surface area contributed by atoms with E-state index < -0.39 is 0 Å². The molecule has 2 heteroatoms. The first-order valence-electron chi connectivity index (χ1n) is 8.58. The molecule has 1 nitrogen and oxygen atoms in total. The van der Waals surface area contributed by atoms with Crippen LogP contribution in [0.4, 0.5) is 4.39 Å². The molecule has 21 heavy (non-hydrogen) atoms. The van der Waals surface area contributed by atoms with Crippen LogP contribution in [-0.4, -0.2) is 7.05 Å². The zero-order valence-electron chi connectivity index (χ0n) is 12.9. The van der Waals surface area contributed by atoms with Gasteiger partial charge in [0.15, 0.2) is 0 Å². The third-order valence-corrected chi connectivity index (χ3v) is 6.42. The summed E-state index contributed by atoms with van der Waals surface area (Å²) in [5.74, 6) is 2.87. The van der Waals surface area contributed by atoms with E-state index in [-0.39, 0.29) is 5.82 Å². The van der Waals surface area contributed by atoms with Gasteiger partial charge in [0.2, 0.25) is 0 Å². The molecule has 4 aliphatic carbocycles. The van der Waals surface area contributed by atoms with Crippen molar-refractivity contribution in [2.24, 2.45) is 23.2 Å². The molecule has 5 rings (SSSR count). The minimum Gasteiger partial charge on any atom is -0.313 e. The van der Waals surface area contributed by atoms with Crippen LogP contribution in [-0.2, 0) is 0 Å². The molecular formula is C19H26FN. The second-order valence-corrected chi connectivity index (χ2v) is 8.01. The molecule has 0 radical (unpaired) electrons. The average molecular weight is 287 g/mol. The Balaban J connectivity index is 1.55. The van der Waals surface area contributed by atoms with Gasteiger partial charge in [-0.05, 0) is 92.9 Å². The van der Waals surface area contributed by atoms with Gasteiger partial charge in [0.05, 0.1) is 0 Å². The van der Waals surface area contributed by atoms with Crippen LogP contribution in [0.1, 0.15) is 56.6 Å². The monoisotopic (exact) mass is 287 g/mol. The summed E-state index contributed by atoms with van der Waals surface area (Å²) in [6, 6.07) is 7.48. The lowest BCUT2D eigenvalue weighted by Crippen LogP contribution is -2.47. The highest BCUT2D eigenvalue weighted by Gasteiger charge is 2.51. The number of rotatable bonds is 4. The summed E-state index contributed by atoms with van der Waals surface area (Å²) in [5.41, 5.74) is 1.81. The highest BCUT2D eigenvalue weighted by molar-refractivity contribution is 5.21. The van der Waals surface area contributed by atoms with Gasteiger partial charge in [0.1, 0.15) is 5.82 Å². The van der Waals surface area contributed by atoms with Crippen LogP contribution in [0.3, 0.4) is 0 Å². The Bertz CT molecular complexity index is 472. The van der Waals surface area contributed by atoms with Crippen LogP contribution in [0.2, 0.25) is 0 Å². The Kier molecular flexibility index (Phi) is 3.33. The standard InChI is InChI=1S/C19H26FN/c1-21-18(16-2-4-17(20)5-3-16)12-19-9-13-6-14(10-19)8-15(7-13)11-19/h2-5,13-15,18,21H,6-12H2,1H3. The molecule has 4 aliphatic rings. The highest BCUT2D eigenvalue weighted by Crippen LogP contribution is 2.62. The van der Waals surface area contributed by atoms with Crippen molar-refractivity contribution < 1.29 is 4.39 Å². The number of halogens is 1. The van der Waals surface area contributed by atoms with E-state index in [0.717, 1.165) is 17.8 Å². The molecular weight excluding hydrogens is 261 g/mol. The van der Waals surface area contributed by atoms with Gasteiger partial charge < -0.3 is 5.32 Å². The highest BCUT2D eigenvalue weighted by atomic mass is 19.1. The summed E-state index contributed by atoms with van der Waals surface area (Å²) in [5, 5.41) is 3.49. The number of benzene rings is 1. The van der Waals surface area contributed by atoms with Gasteiger partial charge in [0.25, 0.3) is 0 Å². The molecule has 0 amide bonds. The summed E-state index contributed by atoms with van der Waals surface area (Å²) in [4.78, 5) is 0. The van der Waals surface area contributed by atoms with Gasteiger partial charge in [-0.1, -0.05) is 12.1 Å². The second-order valence-electron chi connectivity index (χ2n) is 8.01. The first kappa shape index (κ1) is 13.8. The Morgan fingerprint density at radius 3 is 2.05 bits per heavy atom. The van der Waals surface area contributed by atoms with E-state index >= 15 is 0 Å². The van der Waals surface area contributed by atoms with Crippen LogP contribution in [0.5, 0.6) is 0 Å². The van der Waals surface area contributed by atoms with Crippen molar-refractivity contribution in [1.29, 1.82) is 0 Å². The smallest absolute Gasteiger partial charge is 0.123 e. The predicted molar refractivity (Wildman–Crippen MR) is 83.4 cm³/mol. The average Bonchev–Trinajstić information content (AvgIpc) is 2.44. The summed E-state index contributed by atoms with van der Waals surface area (Å²) in [7, 11) is 2.05. The molecule has 1 atom stereocenters. The van der Waals surface area contributed by atoms with Crippen molar-refractivity contribution in [2.75, 3.05) is 7.05 Å². The molecule has 4 fully saturated rings. The normalized spacial score (nSPS) is 38.7. The van der Waals surface area contributed by atoms with Gasteiger partial charge in [-0.2, -0.15) is 0 Å². The van der Waals surface area contributed by atoms with Crippen molar-refractivity contribution in [1.82, 2.24) is 5.32 Å². The van der Waals surface area contributed by atoms with Crippen molar-refractivity contribution in [3.8, 4) is 0 Å². The zero-order valence-corrected chi connectivity index (χ0v) is 12.9. The summed E-state index contributed by atoms with van der Waals surface area (Å²) in [6.07, 6.45) is 10.1. The largest absolute Gasteiger partial charge is 0.313 e. The quantitative estimate of drug-likeness (QED) is 0.847. The first-order chi connectivity index (χ1) is 10.2. The maximum atomic E-state index is 13.2. The molecule has 114 valence electrons. The summed E-state index contributed by atoms with van der Waals surface area (Å²) < 4.78 is 13.2. The SMILES string of the molecule is CNC(CC12CC3CC(CC(C3)C1)C2)c1ccc(F)cc1. The molecule has 1 aromatic carbocycles. The van der Waals surface area contributed by atoms with Gasteiger partial charge in [0, 0.05) is 6.04 Å². The molecule has 0 heterocycles. The number of hydrogen-bond donors (Lipinski definition) is 1. The lowest BCUT2D eigenvalue weighted by Gasteiger charge is -2.57. The Hall–Kier alpha value is -0.890. The topological polar surface area (TPSA) is 12.0 Å². The fraction of sp³-hybridized carbons (Fsp3) is 0.684. The molecule has 0 spiro atoms. The van der Waals surface area contributed by atoms with Crippen LogP contribution in [0, 0.1) is 29.0 Å². The molecule has 0 aliphatic heterocycles. The molecule has 1 unspecified atom stereocenters. The van der Waals surface area contributed by atoms with E-state index in [1.165, 1.54) is 50.5 Å². The lowest BCUT2D eigenvalue weighted by molar-refractivity contribution is -0.0619. The predicted octanol–water partition coefficient (Wildman–Crippen LogP) is 4.69. The van der Waals surface area contributed by atoms with E-state index in [9.17, 15) is 4.39 Å². The molecule has 1 N–H and O–H groups in total. The Morgan fingerprint density at radius 1 is 1.05 bits per heavy atom. The number of hydrogen-bond acceptors (Lipinski definition) is 1. The van der Waals surface area contributed by atoms with E-state index in [0.29, 0.717) is 11.5 Å². The van der Waals surface area contributed by atoms with Crippen LogP contribution < -0.4 is 5.32 Å². The third-order valence-electron chi connectivity index (χ3n) is 6.42. The molecule has 4 saturated carbocycles. The van der Waals surface area contributed by atoms with Gasteiger partial charge >= 0.3 is 0 Å². The minimum absolute atomic E-state index is 0.136. The van der Waals surface area contributed by atoms with Crippen molar-refractivity contribution in [3.05, 3.63) is 35.6 Å². The molecule has 4 bridgehead atoms. The van der Waals surface area contributed by atoms with Crippen molar-refractivity contribution in [3.63, 3.8) is 0 Å². The van der Waals surface area contributed by atoms with E-state index in [1.54, 1.807) is 12.1 Å². The fourth-order valence-corrected chi connectivity index (χ4v) is 6.05. The van der Waals surface area contributed by atoms with Gasteiger partial charge in [-0.3, -0.25) is 0 Å². The first-order valence-corrected chi connectivity index (χ1v) is 8.58. The summed E-state index contributed by atoms with van der Waals surface area (Å²) in [6.45, 7) is 0. The summed E-state index contributed by atoms with van der Waals surface area (Å²) >= 11 is 0. The second kappa shape index (κ2) is 5.08. The molecule has 1 aromatic rings.